The molecule has 4 heteroatoms. The highest BCUT2D eigenvalue weighted by Gasteiger charge is 2.29. The van der Waals surface area contributed by atoms with Gasteiger partial charge in [0.2, 0.25) is 0 Å². The fraction of sp³-hybridized carbons (Fsp3) is 0.280. The van der Waals surface area contributed by atoms with Crippen molar-refractivity contribution in [1.82, 2.24) is 9.88 Å². The summed E-state index contributed by atoms with van der Waals surface area (Å²) in [6.07, 6.45) is 3.52. The Morgan fingerprint density at radius 2 is 1.93 bits per heavy atom. The number of aryl methyl sites for hydroxylation is 1. The molecule has 1 atom stereocenters. The van der Waals surface area contributed by atoms with Crippen LogP contribution in [-0.4, -0.2) is 34.0 Å². The van der Waals surface area contributed by atoms with Crippen molar-refractivity contribution >= 4 is 5.91 Å². The van der Waals surface area contributed by atoms with Gasteiger partial charge < -0.3 is 10.0 Å². The number of hydrogen-bond donors (Lipinski definition) is 1. The van der Waals surface area contributed by atoms with Gasteiger partial charge in [0.05, 0.1) is 6.61 Å². The minimum absolute atomic E-state index is 0.00214. The van der Waals surface area contributed by atoms with E-state index < -0.39 is 0 Å². The van der Waals surface area contributed by atoms with E-state index in [1.165, 1.54) is 11.1 Å². The Labute approximate surface area is 171 Å². The number of carbonyl (C=O) groups is 1. The molecule has 0 spiro atoms. The number of aromatic nitrogens is 1. The zero-order valence-electron chi connectivity index (χ0n) is 16.7. The first-order chi connectivity index (χ1) is 14.2. The number of aliphatic hydroxyl groups excluding tert-OH is 1. The molecule has 1 fully saturated rings. The van der Waals surface area contributed by atoms with Crippen molar-refractivity contribution in [3.8, 4) is 11.1 Å². The van der Waals surface area contributed by atoms with Crippen LogP contribution in [-0.2, 0) is 13.0 Å². The Balaban J connectivity index is 1.57. The zero-order chi connectivity index (χ0) is 20.2. The van der Waals surface area contributed by atoms with Gasteiger partial charge in [0.1, 0.15) is 5.69 Å². The number of carbonyl (C=O) groups excluding carboxylic acids is 1. The Hall–Kier alpha value is -2.98. The molecule has 1 amide bonds. The average molecular weight is 386 g/mol. The van der Waals surface area contributed by atoms with Crippen LogP contribution in [0, 0.1) is 0 Å². The number of amides is 1. The highest BCUT2D eigenvalue weighted by molar-refractivity contribution is 5.92. The molecule has 2 aromatic carbocycles. The summed E-state index contributed by atoms with van der Waals surface area (Å²) in [5, 5.41) is 10.0. The van der Waals surface area contributed by atoms with Crippen molar-refractivity contribution in [3.63, 3.8) is 0 Å². The van der Waals surface area contributed by atoms with E-state index in [2.05, 4.69) is 54.4 Å². The molecule has 1 aliphatic rings. The highest BCUT2D eigenvalue weighted by Crippen LogP contribution is 2.34. The lowest BCUT2D eigenvalue weighted by Crippen LogP contribution is -2.29. The van der Waals surface area contributed by atoms with Gasteiger partial charge in [0, 0.05) is 25.2 Å². The van der Waals surface area contributed by atoms with E-state index in [9.17, 15) is 9.90 Å². The van der Waals surface area contributed by atoms with Gasteiger partial charge in [0.25, 0.3) is 5.91 Å². The van der Waals surface area contributed by atoms with Crippen LogP contribution in [0.4, 0.5) is 0 Å². The maximum Gasteiger partial charge on any atom is 0.272 e. The fourth-order valence-corrected chi connectivity index (χ4v) is 4.27. The van der Waals surface area contributed by atoms with Crippen LogP contribution >= 0.6 is 0 Å². The van der Waals surface area contributed by atoms with E-state index in [1.807, 2.05) is 17.0 Å². The van der Waals surface area contributed by atoms with Crippen molar-refractivity contribution in [2.75, 3.05) is 13.1 Å². The number of pyridine rings is 1. The lowest BCUT2D eigenvalue weighted by atomic mass is 9.89. The summed E-state index contributed by atoms with van der Waals surface area (Å²) >= 11 is 0. The van der Waals surface area contributed by atoms with Crippen LogP contribution in [0.15, 0.2) is 66.9 Å². The standard InChI is InChI=1S/C25H26N2O2/c1-2-18-7-3-4-8-22(18)19-10-11-23(21(15-19)17-28)20-12-14-27(16-20)25(29)24-9-5-6-13-26-24/h3-11,13,15,20,28H,2,12,14,16-17H2,1H3/t20-/m1/s1. The molecule has 0 unspecified atom stereocenters. The van der Waals surface area contributed by atoms with E-state index in [4.69, 9.17) is 0 Å². The zero-order valence-corrected chi connectivity index (χ0v) is 16.7. The fourth-order valence-electron chi connectivity index (χ4n) is 4.27. The van der Waals surface area contributed by atoms with Gasteiger partial charge in [0.15, 0.2) is 0 Å². The quantitative estimate of drug-likeness (QED) is 0.706. The Morgan fingerprint density at radius 1 is 1.10 bits per heavy atom. The summed E-state index contributed by atoms with van der Waals surface area (Å²) in [6, 6.07) is 20.2. The predicted molar refractivity (Wildman–Crippen MR) is 115 cm³/mol. The van der Waals surface area contributed by atoms with Gasteiger partial charge in [-0.2, -0.15) is 0 Å². The van der Waals surface area contributed by atoms with Gasteiger partial charge in [-0.15, -0.1) is 0 Å². The predicted octanol–water partition coefficient (Wildman–Crippen LogP) is 4.43. The van der Waals surface area contributed by atoms with Crippen molar-refractivity contribution in [3.05, 3.63) is 89.2 Å². The van der Waals surface area contributed by atoms with Crippen LogP contribution in [0.25, 0.3) is 11.1 Å². The third-order valence-electron chi connectivity index (χ3n) is 5.82. The maximum atomic E-state index is 12.7. The molecule has 0 saturated carbocycles. The molecule has 0 aliphatic carbocycles. The molecule has 0 radical (unpaired) electrons. The molecule has 148 valence electrons. The monoisotopic (exact) mass is 386 g/mol. The second-order valence-electron chi connectivity index (χ2n) is 7.53. The molecule has 1 saturated heterocycles. The molecule has 29 heavy (non-hydrogen) atoms. The highest BCUT2D eigenvalue weighted by atomic mass is 16.3. The van der Waals surface area contributed by atoms with E-state index in [-0.39, 0.29) is 18.4 Å². The van der Waals surface area contributed by atoms with Crippen LogP contribution in [0.5, 0.6) is 0 Å². The van der Waals surface area contributed by atoms with Crippen molar-refractivity contribution in [1.29, 1.82) is 0 Å². The minimum atomic E-state index is -0.0212. The Kier molecular flexibility index (Phi) is 5.72. The number of aliphatic hydroxyl groups is 1. The first-order valence-electron chi connectivity index (χ1n) is 10.2. The van der Waals surface area contributed by atoms with Gasteiger partial charge >= 0.3 is 0 Å². The number of nitrogens with zero attached hydrogens (tertiary/aromatic N) is 2. The maximum absolute atomic E-state index is 12.7. The summed E-state index contributed by atoms with van der Waals surface area (Å²) in [4.78, 5) is 18.8. The second-order valence-corrected chi connectivity index (χ2v) is 7.53. The number of rotatable bonds is 5. The molecule has 1 N–H and O–H groups in total. The topological polar surface area (TPSA) is 53.4 Å². The van der Waals surface area contributed by atoms with E-state index in [0.717, 1.165) is 29.5 Å². The molecule has 2 heterocycles. The number of likely N-dealkylation sites (tertiary alicyclic amines) is 1. The first-order valence-corrected chi connectivity index (χ1v) is 10.2. The molecule has 4 rings (SSSR count). The van der Waals surface area contributed by atoms with Crippen LogP contribution in [0.2, 0.25) is 0 Å². The molecule has 3 aromatic rings. The smallest absolute Gasteiger partial charge is 0.272 e. The Bertz CT molecular complexity index is 1000. The molecule has 1 aromatic heterocycles. The van der Waals surface area contributed by atoms with Gasteiger partial charge in [-0.3, -0.25) is 9.78 Å². The summed E-state index contributed by atoms with van der Waals surface area (Å²) in [6.45, 7) is 3.53. The largest absolute Gasteiger partial charge is 0.392 e. The first kappa shape index (κ1) is 19.3. The average Bonchev–Trinajstić information content (AvgIpc) is 3.28. The Morgan fingerprint density at radius 3 is 2.69 bits per heavy atom. The van der Waals surface area contributed by atoms with Crippen molar-refractivity contribution < 1.29 is 9.90 Å². The second kappa shape index (κ2) is 8.58. The summed E-state index contributed by atoms with van der Waals surface area (Å²) in [5.74, 6) is 0.215. The third kappa shape index (κ3) is 3.94. The summed E-state index contributed by atoms with van der Waals surface area (Å²) < 4.78 is 0. The van der Waals surface area contributed by atoms with Crippen LogP contribution < -0.4 is 0 Å². The van der Waals surface area contributed by atoms with Gasteiger partial charge in [-0.1, -0.05) is 49.4 Å². The lowest BCUT2D eigenvalue weighted by Gasteiger charge is -2.19. The summed E-state index contributed by atoms with van der Waals surface area (Å²) in [5.41, 5.74) is 6.23. The normalized spacial score (nSPS) is 16.2. The van der Waals surface area contributed by atoms with Crippen molar-refractivity contribution in [2.24, 2.45) is 0 Å². The molecular formula is C25H26N2O2. The molecular weight excluding hydrogens is 360 g/mol. The van der Waals surface area contributed by atoms with E-state index in [0.29, 0.717) is 18.8 Å². The minimum Gasteiger partial charge on any atom is -0.392 e. The number of benzene rings is 2. The van der Waals surface area contributed by atoms with Crippen LogP contribution in [0.3, 0.4) is 0 Å². The number of hydrogen-bond acceptors (Lipinski definition) is 3. The van der Waals surface area contributed by atoms with Gasteiger partial charge in [-0.25, -0.2) is 0 Å². The third-order valence-corrected chi connectivity index (χ3v) is 5.82. The molecule has 4 nitrogen and oxygen atoms in total. The van der Waals surface area contributed by atoms with E-state index >= 15 is 0 Å². The summed E-state index contributed by atoms with van der Waals surface area (Å²) in [7, 11) is 0. The SMILES string of the molecule is CCc1ccccc1-c1ccc([C@@H]2CCN(C(=O)c3ccccn3)C2)c(CO)c1. The van der Waals surface area contributed by atoms with E-state index in [1.54, 1.807) is 12.3 Å². The van der Waals surface area contributed by atoms with Crippen LogP contribution in [0.1, 0.15) is 46.4 Å². The van der Waals surface area contributed by atoms with Gasteiger partial charge in [-0.05, 0) is 58.9 Å². The molecule has 1 aliphatic heterocycles. The lowest BCUT2D eigenvalue weighted by molar-refractivity contribution is 0.0785. The molecule has 0 bridgehead atoms. The van der Waals surface area contributed by atoms with Crippen molar-refractivity contribution in [2.45, 2.75) is 32.3 Å².